The van der Waals surface area contributed by atoms with Gasteiger partial charge in [-0.3, -0.25) is 4.99 Å². The van der Waals surface area contributed by atoms with Crippen molar-refractivity contribution in [3.63, 3.8) is 0 Å². The summed E-state index contributed by atoms with van der Waals surface area (Å²) < 4.78 is 13.0. The van der Waals surface area contributed by atoms with Crippen molar-refractivity contribution in [3.05, 3.63) is 34.9 Å². The average molecular weight is 177 g/mol. The van der Waals surface area contributed by atoms with E-state index in [-0.39, 0.29) is 0 Å². The van der Waals surface area contributed by atoms with Crippen molar-refractivity contribution in [1.82, 2.24) is 0 Å². The van der Waals surface area contributed by atoms with Gasteiger partial charge in [0, 0.05) is 12.1 Å². The van der Waals surface area contributed by atoms with Crippen molar-refractivity contribution < 1.29 is 4.39 Å². The molecule has 1 aromatic carbocycles. The van der Waals surface area contributed by atoms with Crippen LogP contribution in [0.3, 0.4) is 0 Å². The van der Waals surface area contributed by atoms with Crippen LogP contribution in [0, 0.1) is 6.92 Å². The Balaban J connectivity index is 2.54. The van der Waals surface area contributed by atoms with Gasteiger partial charge in [0.15, 0.2) is 6.30 Å². The van der Waals surface area contributed by atoms with Gasteiger partial charge in [-0.15, -0.1) is 0 Å². The molecule has 0 saturated heterocycles. The number of fused-ring (bicyclic) bond motifs is 1. The molecule has 1 heterocycles. The van der Waals surface area contributed by atoms with Gasteiger partial charge in [0.05, 0.1) is 0 Å². The predicted molar refractivity (Wildman–Crippen MR) is 52.0 cm³/mol. The van der Waals surface area contributed by atoms with Gasteiger partial charge in [0.25, 0.3) is 0 Å². The Labute approximate surface area is 77.3 Å². The summed E-state index contributed by atoms with van der Waals surface area (Å²) in [6.07, 6.45) is -0.623. The molecule has 1 unspecified atom stereocenters. The smallest absolute Gasteiger partial charge is 0.194 e. The fraction of sp³-hybridized carbons (Fsp3) is 0.364. The SMILES string of the molecule is CC1=NC(F)Cc2ccc(C)cc21. The molecule has 0 saturated carbocycles. The number of halogens is 1. The number of rotatable bonds is 0. The Morgan fingerprint density at radius 1 is 1.38 bits per heavy atom. The Morgan fingerprint density at radius 2 is 2.15 bits per heavy atom. The lowest BCUT2D eigenvalue weighted by Gasteiger charge is -2.17. The molecule has 0 amide bonds. The van der Waals surface area contributed by atoms with E-state index in [2.05, 4.69) is 11.1 Å². The third-order valence-corrected chi connectivity index (χ3v) is 2.38. The van der Waals surface area contributed by atoms with Gasteiger partial charge in [0.2, 0.25) is 0 Å². The zero-order valence-electron chi connectivity index (χ0n) is 7.84. The highest BCUT2D eigenvalue weighted by Crippen LogP contribution is 2.21. The van der Waals surface area contributed by atoms with E-state index in [9.17, 15) is 4.39 Å². The van der Waals surface area contributed by atoms with E-state index >= 15 is 0 Å². The van der Waals surface area contributed by atoms with E-state index in [4.69, 9.17) is 0 Å². The van der Waals surface area contributed by atoms with Crippen molar-refractivity contribution in [1.29, 1.82) is 0 Å². The van der Waals surface area contributed by atoms with Gasteiger partial charge < -0.3 is 0 Å². The highest BCUT2D eigenvalue weighted by atomic mass is 19.1. The van der Waals surface area contributed by atoms with Crippen LogP contribution in [-0.4, -0.2) is 12.0 Å². The molecule has 0 aliphatic carbocycles. The summed E-state index contributed by atoms with van der Waals surface area (Å²) in [7, 11) is 0. The molecule has 0 N–H and O–H groups in total. The van der Waals surface area contributed by atoms with Crippen LogP contribution >= 0.6 is 0 Å². The first kappa shape index (κ1) is 8.42. The number of aliphatic imine (C=N–C) groups is 1. The predicted octanol–water partition coefficient (Wildman–Crippen LogP) is 2.66. The second-order valence-electron chi connectivity index (χ2n) is 3.51. The molecule has 1 nitrogen and oxygen atoms in total. The van der Waals surface area contributed by atoms with Gasteiger partial charge in [-0.05, 0) is 31.0 Å². The molecule has 1 aliphatic heterocycles. The first-order valence-electron chi connectivity index (χ1n) is 4.45. The molecule has 0 fully saturated rings. The van der Waals surface area contributed by atoms with Crippen LogP contribution in [0.5, 0.6) is 0 Å². The van der Waals surface area contributed by atoms with Crippen molar-refractivity contribution >= 4 is 5.71 Å². The van der Waals surface area contributed by atoms with E-state index in [0.29, 0.717) is 6.42 Å². The van der Waals surface area contributed by atoms with Crippen LogP contribution < -0.4 is 0 Å². The molecular weight excluding hydrogens is 165 g/mol. The summed E-state index contributed by atoms with van der Waals surface area (Å²) >= 11 is 0. The van der Waals surface area contributed by atoms with Gasteiger partial charge in [0.1, 0.15) is 0 Å². The maximum absolute atomic E-state index is 13.0. The van der Waals surface area contributed by atoms with Crippen LogP contribution in [0.15, 0.2) is 23.2 Å². The molecule has 1 aliphatic rings. The lowest BCUT2D eigenvalue weighted by molar-refractivity contribution is 0.342. The fourth-order valence-electron chi connectivity index (χ4n) is 1.71. The molecule has 1 atom stereocenters. The van der Waals surface area contributed by atoms with Crippen molar-refractivity contribution in [3.8, 4) is 0 Å². The Morgan fingerprint density at radius 3 is 2.92 bits per heavy atom. The fourth-order valence-corrected chi connectivity index (χ4v) is 1.71. The largest absolute Gasteiger partial charge is 0.253 e. The molecule has 68 valence electrons. The molecule has 1 aromatic rings. The lowest BCUT2D eigenvalue weighted by atomic mass is 9.96. The highest BCUT2D eigenvalue weighted by molar-refractivity contribution is 6.01. The molecule has 0 spiro atoms. The minimum atomic E-state index is -1.05. The second kappa shape index (κ2) is 2.95. The molecule has 0 bridgehead atoms. The molecule has 0 aromatic heterocycles. The summed E-state index contributed by atoms with van der Waals surface area (Å²) in [5.41, 5.74) is 4.20. The summed E-state index contributed by atoms with van der Waals surface area (Å²) in [5, 5.41) is 0. The first-order valence-corrected chi connectivity index (χ1v) is 4.45. The lowest BCUT2D eigenvalue weighted by Crippen LogP contribution is -2.15. The standard InChI is InChI=1S/C11H12FN/c1-7-3-4-9-6-11(12)13-8(2)10(9)5-7/h3-5,11H,6H2,1-2H3. The van der Waals surface area contributed by atoms with E-state index < -0.39 is 6.30 Å². The monoisotopic (exact) mass is 177 g/mol. The Hall–Kier alpha value is -1.18. The van der Waals surface area contributed by atoms with Crippen LogP contribution in [0.25, 0.3) is 0 Å². The zero-order valence-corrected chi connectivity index (χ0v) is 7.84. The number of aryl methyl sites for hydroxylation is 1. The third kappa shape index (κ3) is 1.48. The maximum Gasteiger partial charge on any atom is 0.194 e. The summed E-state index contributed by atoms with van der Waals surface area (Å²) in [5.74, 6) is 0. The molecular formula is C11H12FN. The summed E-state index contributed by atoms with van der Waals surface area (Å²) in [4.78, 5) is 3.92. The topological polar surface area (TPSA) is 12.4 Å². The Bertz CT molecular complexity index is 368. The van der Waals surface area contributed by atoms with Crippen molar-refractivity contribution in [2.45, 2.75) is 26.6 Å². The van der Waals surface area contributed by atoms with E-state index in [1.807, 2.05) is 26.0 Å². The zero-order chi connectivity index (χ0) is 9.42. The normalized spacial score (nSPS) is 20.8. The van der Waals surface area contributed by atoms with Crippen molar-refractivity contribution in [2.24, 2.45) is 4.99 Å². The van der Waals surface area contributed by atoms with Gasteiger partial charge in [-0.25, -0.2) is 4.39 Å². The highest BCUT2D eigenvalue weighted by Gasteiger charge is 2.17. The Kier molecular flexibility index (Phi) is 1.91. The number of alkyl halides is 1. The summed E-state index contributed by atoms with van der Waals surface area (Å²) in [6, 6.07) is 6.08. The van der Waals surface area contributed by atoms with Gasteiger partial charge >= 0.3 is 0 Å². The van der Waals surface area contributed by atoms with E-state index in [1.165, 1.54) is 5.56 Å². The molecule has 0 radical (unpaired) electrons. The van der Waals surface area contributed by atoms with Crippen LogP contribution in [-0.2, 0) is 6.42 Å². The molecule has 2 heteroatoms. The minimum absolute atomic E-state index is 0.424. The van der Waals surface area contributed by atoms with E-state index in [1.54, 1.807) is 0 Å². The molecule has 2 rings (SSSR count). The second-order valence-corrected chi connectivity index (χ2v) is 3.51. The maximum atomic E-state index is 13.0. The number of hydrogen-bond donors (Lipinski definition) is 0. The van der Waals surface area contributed by atoms with Crippen LogP contribution in [0.1, 0.15) is 23.6 Å². The molecule has 13 heavy (non-hydrogen) atoms. The van der Waals surface area contributed by atoms with Crippen LogP contribution in [0.4, 0.5) is 4.39 Å². The average Bonchev–Trinajstić information content (AvgIpc) is 2.06. The third-order valence-electron chi connectivity index (χ3n) is 2.38. The van der Waals surface area contributed by atoms with Crippen molar-refractivity contribution in [2.75, 3.05) is 0 Å². The number of hydrogen-bond acceptors (Lipinski definition) is 1. The minimum Gasteiger partial charge on any atom is -0.253 e. The van der Waals surface area contributed by atoms with E-state index in [0.717, 1.165) is 16.8 Å². The van der Waals surface area contributed by atoms with Gasteiger partial charge in [-0.2, -0.15) is 0 Å². The summed E-state index contributed by atoms with van der Waals surface area (Å²) in [6.45, 7) is 3.90. The first-order chi connectivity index (χ1) is 6.16. The quantitative estimate of drug-likeness (QED) is 0.540. The van der Waals surface area contributed by atoms with Gasteiger partial charge in [-0.1, -0.05) is 17.7 Å². The number of benzene rings is 1. The van der Waals surface area contributed by atoms with Crippen LogP contribution in [0.2, 0.25) is 0 Å². The number of nitrogens with zero attached hydrogens (tertiary/aromatic N) is 1.